The number of rotatable bonds is 7. The molecule has 0 heterocycles. The number of ether oxygens (including phenoxy) is 2. The molecule has 2 aromatic carbocycles. The molecule has 0 aliphatic carbocycles. The molecule has 0 radical (unpaired) electrons. The van der Waals surface area contributed by atoms with E-state index in [4.69, 9.17) is 21.1 Å². The lowest BCUT2D eigenvalue weighted by molar-refractivity contribution is 0.0450. The number of esters is 1. The second-order valence-electron chi connectivity index (χ2n) is 5.40. The van der Waals surface area contributed by atoms with E-state index in [0.717, 1.165) is 18.2 Å². The van der Waals surface area contributed by atoms with Gasteiger partial charge in [0.05, 0.1) is 15.5 Å². The predicted molar refractivity (Wildman–Crippen MR) is 96.2 cm³/mol. The fourth-order valence-electron chi connectivity index (χ4n) is 2.15. The molecule has 0 bridgehead atoms. The van der Waals surface area contributed by atoms with Crippen LogP contribution >= 0.6 is 11.6 Å². The Morgan fingerprint density at radius 2 is 1.88 bits per heavy atom. The van der Waals surface area contributed by atoms with Gasteiger partial charge in [-0.25, -0.2) is 13.2 Å². The van der Waals surface area contributed by atoms with Crippen molar-refractivity contribution in [3.8, 4) is 5.75 Å². The summed E-state index contributed by atoms with van der Waals surface area (Å²) in [5.41, 5.74) is 1.28. The third kappa shape index (κ3) is 5.47. The van der Waals surface area contributed by atoms with E-state index < -0.39 is 15.8 Å². The average Bonchev–Trinajstić information content (AvgIpc) is 2.58. The van der Waals surface area contributed by atoms with Gasteiger partial charge in [-0.2, -0.15) is 0 Å². The highest BCUT2D eigenvalue weighted by molar-refractivity contribution is 7.90. The lowest BCUT2D eigenvalue weighted by atomic mass is 10.2. The van der Waals surface area contributed by atoms with Gasteiger partial charge >= 0.3 is 5.97 Å². The fourth-order valence-corrected chi connectivity index (χ4v) is 3.45. The molecule has 0 amide bonds. The van der Waals surface area contributed by atoms with Gasteiger partial charge in [0.15, 0.2) is 9.84 Å². The van der Waals surface area contributed by atoms with Gasteiger partial charge in [0, 0.05) is 6.26 Å². The van der Waals surface area contributed by atoms with Gasteiger partial charge in [-0.15, -0.1) is 0 Å². The first kappa shape index (κ1) is 19.3. The summed E-state index contributed by atoms with van der Waals surface area (Å²) >= 11 is 5.85. The molecule has 0 N–H and O–H groups in total. The van der Waals surface area contributed by atoms with E-state index in [9.17, 15) is 13.2 Å². The van der Waals surface area contributed by atoms with Crippen molar-refractivity contribution in [2.75, 3.05) is 19.5 Å². The monoisotopic (exact) mass is 382 g/mol. The van der Waals surface area contributed by atoms with Crippen LogP contribution in [-0.2, 0) is 21.0 Å². The van der Waals surface area contributed by atoms with E-state index in [2.05, 4.69) is 6.92 Å². The number of sulfone groups is 1. The predicted octanol–water partition coefficient (Wildman–Crippen LogP) is 3.54. The number of benzene rings is 2. The summed E-state index contributed by atoms with van der Waals surface area (Å²) in [7, 11) is -3.52. The molecule has 0 atom stereocenters. The summed E-state index contributed by atoms with van der Waals surface area (Å²) in [6.07, 6.45) is 1.94. The molecular formula is C18H19ClO5S. The summed E-state index contributed by atoms with van der Waals surface area (Å²) in [5.74, 6) is 0.0775. The molecule has 25 heavy (non-hydrogen) atoms. The molecule has 7 heteroatoms. The number of hydrogen-bond donors (Lipinski definition) is 0. The Balaban J connectivity index is 1.92. The topological polar surface area (TPSA) is 69.7 Å². The summed E-state index contributed by atoms with van der Waals surface area (Å²) < 4.78 is 33.9. The van der Waals surface area contributed by atoms with Crippen LogP contribution in [0.1, 0.15) is 22.8 Å². The summed E-state index contributed by atoms with van der Waals surface area (Å²) in [6.45, 7) is 2.30. The highest BCUT2D eigenvalue weighted by Crippen LogP contribution is 2.23. The molecule has 134 valence electrons. The van der Waals surface area contributed by atoms with Gasteiger partial charge in [0.1, 0.15) is 19.0 Å². The van der Waals surface area contributed by atoms with Crippen LogP contribution in [0.4, 0.5) is 0 Å². The normalized spacial score (nSPS) is 11.2. The fraction of sp³-hybridized carbons (Fsp3) is 0.278. The SMILES string of the molecule is CCc1cccc(OCCOC(=O)c2ccc(Cl)c(S(C)(=O)=O)c2)c1. The van der Waals surface area contributed by atoms with Crippen molar-refractivity contribution in [1.82, 2.24) is 0 Å². The van der Waals surface area contributed by atoms with Crippen molar-refractivity contribution in [2.24, 2.45) is 0 Å². The van der Waals surface area contributed by atoms with Crippen LogP contribution in [0.25, 0.3) is 0 Å². The number of aryl methyl sites for hydroxylation is 1. The maximum atomic E-state index is 12.0. The second kappa shape index (κ2) is 8.36. The standard InChI is InChI=1S/C18H19ClO5S/c1-3-13-5-4-6-15(11-13)23-9-10-24-18(20)14-7-8-16(19)17(12-14)25(2,21)22/h4-8,11-12H,3,9-10H2,1-2H3. The van der Waals surface area contributed by atoms with Crippen LogP contribution in [0.15, 0.2) is 47.4 Å². The smallest absolute Gasteiger partial charge is 0.338 e. The Kier molecular flexibility index (Phi) is 6.45. The first-order valence-electron chi connectivity index (χ1n) is 7.69. The van der Waals surface area contributed by atoms with E-state index in [1.165, 1.54) is 18.2 Å². The lowest BCUT2D eigenvalue weighted by Crippen LogP contribution is -2.13. The first-order valence-corrected chi connectivity index (χ1v) is 9.96. The number of carbonyl (C=O) groups excluding carboxylic acids is 1. The Morgan fingerprint density at radius 3 is 2.56 bits per heavy atom. The Morgan fingerprint density at radius 1 is 1.12 bits per heavy atom. The minimum Gasteiger partial charge on any atom is -0.490 e. The highest BCUT2D eigenvalue weighted by atomic mass is 35.5. The van der Waals surface area contributed by atoms with Crippen LogP contribution in [0.5, 0.6) is 5.75 Å². The third-order valence-electron chi connectivity index (χ3n) is 3.46. The minimum absolute atomic E-state index is 0.0476. The van der Waals surface area contributed by atoms with Crippen molar-refractivity contribution in [3.63, 3.8) is 0 Å². The maximum Gasteiger partial charge on any atom is 0.338 e. The second-order valence-corrected chi connectivity index (χ2v) is 7.79. The number of halogens is 1. The van der Waals surface area contributed by atoms with Crippen molar-refractivity contribution in [2.45, 2.75) is 18.2 Å². The lowest BCUT2D eigenvalue weighted by Gasteiger charge is -2.09. The molecule has 0 spiro atoms. The van der Waals surface area contributed by atoms with E-state index in [0.29, 0.717) is 5.75 Å². The van der Waals surface area contributed by atoms with Gasteiger partial charge in [-0.1, -0.05) is 30.7 Å². The van der Waals surface area contributed by atoms with Crippen LogP contribution in [-0.4, -0.2) is 33.9 Å². The highest BCUT2D eigenvalue weighted by Gasteiger charge is 2.16. The van der Waals surface area contributed by atoms with E-state index in [-0.39, 0.29) is 28.7 Å². The third-order valence-corrected chi connectivity index (χ3v) is 5.04. The van der Waals surface area contributed by atoms with Gasteiger partial charge in [0.2, 0.25) is 0 Å². The van der Waals surface area contributed by atoms with E-state index in [1.807, 2.05) is 24.3 Å². The number of carbonyl (C=O) groups is 1. The van der Waals surface area contributed by atoms with Crippen LogP contribution in [0.2, 0.25) is 5.02 Å². The minimum atomic E-state index is -3.52. The Labute approximate surface area is 152 Å². The van der Waals surface area contributed by atoms with Gasteiger partial charge < -0.3 is 9.47 Å². The zero-order valence-corrected chi connectivity index (χ0v) is 15.6. The van der Waals surface area contributed by atoms with Gasteiger partial charge in [-0.3, -0.25) is 0 Å². The first-order chi connectivity index (χ1) is 11.8. The van der Waals surface area contributed by atoms with Gasteiger partial charge in [0.25, 0.3) is 0 Å². The molecule has 0 unspecified atom stereocenters. The largest absolute Gasteiger partial charge is 0.490 e. The summed E-state index contributed by atoms with van der Waals surface area (Å²) in [5, 5.41) is 0.0678. The molecule has 0 aliphatic rings. The zero-order valence-electron chi connectivity index (χ0n) is 14.0. The van der Waals surface area contributed by atoms with E-state index in [1.54, 1.807) is 0 Å². The molecule has 5 nitrogen and oxygen atoms in total. The van der Waals surface area contributed by atoms with E-state index >= 15 is 0 Å². The molecule has 0 saturated heterocycles. The molecule has 0 aliphatic heterocycles. The molecule has 0 fully saturated rings. The van der Waals surface area contributed by atoms with Crippen LogP contribution < -0.4 is 4.74 Å². The molecule has 2 aromatic rings. The van der Waals surface area contributed by atoms with Crippen molar-refractivity contribution >= 4 is 27.4 Å². The Hall–Kier alpha value is -2.05. The van der Waals surface area contributed by atoms with Crippen LogP contribution in [0, 0.1) is 0 Å². The average molecular weight is 383 g/mol. The quantitative estimate of drug-likeness (QED) is 0.541. The molecule has 0 aromatic heterocycles. The van der Waals surface area contributed by atoms with Crippen molar-refractivity contribution < 1.29 is 22.7 Å². The summed E-state index contributed by atoms with van der Waals surface area (Å²) in [6, 6.07) is 11.7. The van der Waals surface area contributed by atoms with Crippen LogP contribution in [0.3, 0.4) is 0 Å². The van der Waals surface area contributed by atoms with Crippen molar-refractivity contribution in [3.05, 3.63) is 58.6 Å². The molecule has 2 rings (SSSR count). The molecular weight excluding hydrogens is 364 g/mol. The van der Waals surface area contributed by atoms with Gasteiger partial charge in [-0.05, 0) is 42.3 Å². The zero-order chi connectivity index (χ0) is 18.4. The Bertz CT molecular complexity index is 862. The molecule has 0 saturated carbocycles. The van der Waals surface area contributed by atoms with Crippen molar-refractivity contribution in [1.29, 1.82) is 0 Å². The summed E-state index contributed by atoms with van der Waals surface area (Å²) in [4.78, 5) is 11.9. The number of hydrogen-bond acceptors (Lipinski definition) is 5. The maximum absolute atomic E-state index is 12.0.